The van der Waals surface area contributed by atoms with Crippen LogP contribution in [0, 0.1) is 0 Å². The number of piperazine rings is 1. The predicted octanol–water partition coefficient (Wildman–Crippen LogP) is 5.42. The molecule has 1 heterocycles. The molecular formula is C26H28ClN3O. The smallest absolute Gasteiger partial charge is 0.235 e. The van der Waals surface area contributed by atoms with Gasteiger partial charge in [0, 0.05) is 31.2 Å². The number of nitrogens with zero attached hydrogens (tertiary/aromatic N) is 2. The Morgan fingerprint density at radius 3 is 2.00 bits per heavy atom. The molecule has 2 atom stereocenters. The molecule has 4 rings (SSSR count). The molecule has 1 saturated heterocycles. The Labute approximate surface area is 189 Å². The van der Waals surface area contributed by atoms with E-state index in [0.29, 0.717) is 0 Å². The second-order valence-electron chi connectivity index (χ2n) is 7.43. The van der Waals surface area contributed by atoms with Gasteiger partial charge in [-0.05, 0) is 29.7 Å². The Morgan fingerprint density at radius 2 is 1.42 bits per heavy atom. The van der Waals surface area contributed by atoms with Crippen LogP contribution in [0.15, 0.2) is 89.9 Å². The van der Waals surface area contributed by atoms with Gasteiger partial charge in [-0.25, -0.2) is 4.79 Å². The van der Waals surface area contributed by atoms with E-state index in [1.807, 2.05) is 49.4 Å². The molecule has 1 aliphatic heterocycles. The number of hydrogen-bond donors (Lipinski definition) is 1. The molecule has 160 valence electrons. The summed E-state index contributed by atoms with van der Waals surface area (Å²) in [6.07, 6.45) is 1.54. The Hall–Kier alpha value is -2.75. The van der Waals surface area contributed by atoms with Crippen LogP contribution in [-0.4, -0.2) is 37.2 Å². The highest BCUT2D eigenvalue weighted by Gasteiger charge is 2.25. The number of halogens is 1. The van der Waals surface area contributed by atoms with Gasteiger partial charge >= 0.3 is 0 Å². The highest BCUT2D eigenvalue weighted by Crippen LogP contribution is 2.33. The van der Waals surface area contributed by atoms with Crippen LogP contribution in [0.3, 0.4) is 0 Å². The van der Waals surface area contributed by atoms with Crippen molar-refractivity contribution >= 4 is 17.7 Å². The average molecular weight is 434 g/mol. The Kier molecular flexibility index (Phi) is 9.01. The van der Waals surface area contributed by atoms with E-state index in [0.717, 1.165) is 36.8 Å². The third kappa shape index (κ3) is 6.61. The molecule has 0 radical (unpaired) electrons. The van der Waals surface area contributed by atoms with Gasteiger partial charge in [-0.1, -0.05) is 90.5 Å². The second kappa shape index (κ2) is 12.2. The van der Waals surface area contributed by atoms with Gasteiger partial charge in [0.2, 0.25) is 6.08 Å². The zero-order valence-corrected chi connectivity index (χ0v) is 18.5. The summed E-state index contributed by atoms with van der Waals surface area (Å²) in [5.74, 6) is 0. The summed E-state index contributed by atoms with van der Waals surface area (Å²) in [6.45, 7) is 6.03. The molecular weight excluding hydrogens is 406 g/mol. The van der Waals surface area contributed by atoms with Gasteiger partial charge in [0.15, 0.2) is 0 Å². The van der Waals surface area contributed by atoms with Crippen LogP contribution in [0.25, 0.3) is 0 Å². The average Bonchev–Trinajstić information content (AvgIpc) is 2.83. The first-order valence-electron chi connectivity index (χ1n) is 10.6. The number of carbonyl (C=O) groups excluding carboxylic acids is 1. The van der Waals surface area contributed by atoms with Crippen LogP contribution in [0.4, 0.5) is 0 Å². The lowest BCUT2D eigenvalue weighted by Gasteiger charge is -2.36. The van der Waals surface area contributed by atoms with Gasteiger partial charge in [-0.3, -0.25) is 4.90 Å². The summed E-state index contributed by atoms with van der Waals surface area (Å²) >= 11 is 6.45. The monoisotopic (exact) mass is 433 g/mol. The van der Waals surface area contributed by atoms with Gasteiger partial charge in [0.1, 0.15) is 0 Å². The van der Waals surface area contributed by atoms with Gasteiger partial charge < -0.3 is 5.32 Å². The quantitative estimate of drug-likeness (QED) is 0.431. The SMILES string of the molecule is CC(N=C=O)c1ccccc1.Clc1ccccc1C(c1ccccc1)N1CCNCC1. The number of hydrogen-bond acceptors (Lipinski definition) is 4. The molecule has 4 nitrogen and oxygen atoms in total. The fourth-order valence-corrected chi connectivity index (χ4v) is 3.98. The van der Waals surface area contributed by atoms with Crippen LogP contribution < -0.4 is 5.32 Å². The molecule has 31 heavy (non-hydrogen) atoms. The van der Waals surface area contributed by atoms with E-state index in [-0.39, 0.29) is 12.1 Å². The molecule has 0 aromatic heterocycles. The van der Waals surface area contributed by atoms with Crippen molar-refractivity contribution in [3.63, 3.8) is 0 Å². The standard InChI is InChI=1S/C17H19ClN2.C9H9NO/c18-16-9-5-4-8-15(16)17(14-6-2-1-3-7-14)20-12-10-19-11-13-20;1-8(10-7-11)9-5-3-2-4-6-9/h1-9,17,19H,10-13H2;2-6,8H,1H3. The highest BCUT2D eigenvalue weighted by atomic mass is 35.5. The first-order chi connectivity index (χ1) is 15.2. The first-order valence-corrected chi connectivity index (χ1v) is 10.9. The molecule has 0 spiro atoms. The summed E-state index contributed by atoms with van der Waals surface area (Å²) < 4.78 is 0. The number of isocyanates is 1. The third-order valence-corrected chi connectivity index (χ3v) is 5.70. The van der Waals surface area contributed by atoms with Gasteiger partial charge in [0.05, 0.1) is 12.1 Å². The van der Waals surface area contributed by atoms with Crippen LogP contribution in [0.5, 0.6) is 0 Å². The highest BCUT2D eigenvalue weighted by molar-refractivity contribution is 6.31. The molecule has 0 saturated carbocycles. The van der Waals surface area contributed by atoms with E-state index in [1.54, 1.807) is 6.08 Å². The molecule has 0 aliphatic carbocycles. The van der Waals surface area contributed by atoms with Gasteiger partial charge in [-0.15, -0.1) is 0 Å². The van der Waals surface area contributed by atoms with Gasteiger partial charge in [0.25, 0.3) is 0 Å². The van der Waals surface area contributed by atoms with Crippen molar-refractivity contribution in [2.24, 2.45) is 4.99 Å². The summed E-state index contributed by atoms with van der Waals surface area (Å²) in [5, 5.41) is 4.26. The maximum Gasteiger partial charge on any atom is 0.235 e. The molecule has 1 N–H and O–H groups in total. The summed E-state index contributed by atoms with van der Waals surface area (Å²) in [5.41, 5.74) is 3.54. The lowest BCUT2D eigenvalue weighted by molar-refractivity contribution is 0.198. The minimum atomic E-state index is -0.0753. The lowest BCUT2D eigenvalue weighted by Crippen LogP contribution is -2.45. The van der Waals surface area contributed by atoms with Crippen molar-refractivity contribution < 1.29 is 4.79 Å². The Balaban J connectivity index is 0.000000210. The van der Waals surface area contributed by atoms with E-state index in [2.05, 4.69) is 57.7 Å². The van der Waals surface area contributed by atoms with Crippen molar-refractivity contribution in [2.45, 2.75) is 19.0 Å². The van der Waals surface area contributed by atoms with Crippen molar-refractivity contribution in [1.29, 1.82) is 0 Å². The minimum absolute atomic E-state index is 0.0753. The fraction of sp³-hybridized carbons (Fsp3) is 0.269. The van der Waals surface area contributed by atoms with Crippen molar-refractivity contribution in [2.75, 3.05) is 26.2 Å². The topological polar surface area (TPSA) is 44.7 Å². The third-order valence-electron chi connectivity index (χ3n) is 5.36. The molecule has 0 amide bonds. The Morgan fingerprint density at radius 1 is 0.871 bits per heavy atom. The Bertz CT molecular complexity index is 968. The maximum absolute atomic E-state index is 9.90. The molecule has 1 aliphatic rings. The van der Waals surface area contributed by atoms with E-state index >= 15 is 0 Å². The zero-order valence-electron chi connectivity index (χ0n) is 17.7. The van der Waals surface area contributed by atoms with Crippen LogP contribution >= 0.6 is 11.6 Å². The number of aliphatic imine (C=N–C) groups is 1. The normalized spacial score (nSPS) is 15.7. The van der Waals surface area contributed by atoms with E-state index in [9.17, 15) is 4.79 Å². The van der Waals surface area contributed by atoms with Crippen LogP contribution in [0.2, 0.25) is 5.02 Å². The van der Waals surface area contributed by atoms with Crippen molar-refractivity contribution in [1.82, 2.24) is 10.2 Å². The second-order valence-corrected chi connectivity index (χ2v) is 7.83. The number of nitrogens with one attached hydrogen (secondary N) is 1. The first kappa shape index (κ1) is 22.9. The van der Waals surface area contributed by atoms with E-state index in [4.69, 9.17) is 11.6 Å². The number of benzene rings is 3. The van der Waals surface area contributed by atoms with Crippen molar-refractivity contribution in [3.05, 3.63) is 107 Å². The molecule has 0 bridgehead atoms. The fourth-order valence-electron chi connectivity index (χ4n) is 3.74. The molecule has 1 fully saturated rings. The number of rotatable bonds is 5. The van der Waals surface area contributed by atoms with Crippen LogP contribution in [0.1, 0.15) is 35.7 Å². The van der Waals surface area contributed by atoms with Crippen LogP contribution in [-0.2, 0) is 4.79 Å². The molecule has 2 unspecified atom stereocenters. The molecule has 5 heteroatoms. The zero-order chi connectivity index (χ0) is 21.9. The summed E-state index contributed by atoms with van der Waals surface area (Å²) in [7, 11) is 0. The molecule has 3 aromatic rings. The van der Waals surface area contributed by atoms with E-state index in [1.165, 1.54) is 11.1 Å². The summed E-state index contributed by atoms with van der Waals surface area (Å²) in [4.78, 5) is 16.0. The predicted molar refractivity (Wildman–Crippen MR) is 127 cm³/mol. The summed E-state index contributed by atoms with van der Waals surface area (Å²) in [6, 6.07) is 28.6. The van der Waals surface area contributed by atoms with Gasteiger partial charge in [-0.2, -0.15) is 4.99 Å². The largest absolute Gasteiger partial charge is 0.314 e. The molecule has 3 aromatic carbocycles. The van der Waals surface area contributed by atoms with Crippen molar-refractivity contribution in [3.8, 4) is 0 Å². The van der Waals surface area contributed by atoms with E-state index < -0.39 is 0 Å². The minimum Gasteiger partial charge on any atom is -0.314 e. The lowest BCUT2D eigenvalue weighted by atomic mass is 9.96. The maximum atomic E-state index is 9.90.